The van der Waals surface area contributed by atoms with Gasteiger partial charge in [-0.25, -0.2) is 4.98 Å². The summed E-state index contributed by atoms with van der Waals surface area (Å²) in [6.07, 6.45) is 0. The summed E-state index contributed by atoms with van der Waals surface area (Å²) in [7, 11) is 0. The molecule has 0 aliphatic heterocycles. The zero-order valence-electron chi connectivity index (χ0n) is 28.7. The van der Waals surface area contributed by atoms with Crippen molar-refractivity contribution in [1.29, 1.82) is 0 Å². The molecule has 0 spiro atoms. The molecular formula is C50H35N. The molecular weight excluding hydrogens is 615 g/mol. The highest BCUT2D eigenvalue weighted by Gasteiger charge is 2.35. The van der Waals surface area contributed by atoms with Gasteiger partial charge >= 0.3 is 0 Å². The number of para-hydroxylation sites is 1. The second kappa shape index (κ2) is 11.4. The van der Waals surface area contributed by atoms with Crippen molar-refractivity contribution in [2.24, 2.45) is 0 Å². The van der Waals surface area contributed by atoms with Crippen molar-refractivity contribution >= 4 is 32.4 Å². The Morgan fingerprint density at radius 1 is 0.353 bits per heavy atom. The summed E-state index contributed by atoms with van der Waals surface area (Å²) in [6, 6.07) is 64.3. The minimum Gasteiger partial charge on any atom is -0.248 e. The van der Waals surface area contributed by atoms with Crippen molar-refractivity contribution in [2.75, 3.05) is 0 Å². The van der Waals surface area contributed by atoms with Gasteiger partial charge in [0.1, 0.15) is 0 Å². The highest BCUT2D eigenvalue weighted by atomic mass is 14.7. The zero-order chi connectivity index (χ0) is 34.1. The van der Waals surface area contributed by atoms with Crippen LogP contribution in [0.5, 0.6) is 0 Å². The normalized spacial score (nSPS) is 13.1. The number of fused-ring (bicyclic) bond motifs is 6. The Kier molecular flexibility index (Phi) is 6.60. The molecule has 10 rings (SSSR count). The highest BCUT2D eigenvalue weighted by Crippen LogP contribution is 2.51. The Bertz CT molecular complexity index is 2810. The van der Waals surface area contributed by atoms with Gasteiger partial charge < -0.3 is 0 Å². The van der Waals surface area contributed by atoms with E-state index in [-0.39, 0.29) is 5.41 Å². The lowest BCUT2D eigenvalue weighted by molar-refractivity contribution is 0.660. The molecule has 1 heterocycles. The summed E-state index contributed by atoms with van der Waals surface area (Å²) < 4.78 is 0. The van der Waals surface area contributed by atoms with Crippen LogP contribution < -0.4 is 0 Å². The van der Waals surface area contributed by atoms with E-state index in [0.29, 0.717) is 0 Å². The van der Waals surface area contributed by atoms with Crippen LogP contribution in [-0.2, 0) is 5.41 Å². The summed E-state index contributed by atoms with van der Waals surface area (Å²) in [6.45, 7) is 4.73. The Labute approximate surface area is 298 Å². The minimum absolute atomic E-state index is 0.0917. The number of benzene rings is 8. The van der Waals surface area contributed by atoms with Crippen LogP contribution in [0.4, 0.5) is 0 Å². The first kappa shape index (κ1) is 29.6. The lowest BCUT2D eigenvalue weighted by Gasteiger charge is -2.23. The lowest BCUT2D eigenvalue weighted by atomic mass is 9.80. The molecule has 0 bridgehead atoms. The Balaban J connectivity index is 1.31. The predicted molar refractivity (Wildman–Crippen MR) is 216 cm³/mol. The molecule has 0 saturated heterocycles. The molecule has 51 heavy (non-hydrogen) atoms. The number of rotatable bonds is 4. The topological polar surface area (TPSA) is 12.9 Å². The van der Waals surface area contributed by atoms with Gasteiger partial charge in [-0.3, -0.25) is 0 Å². The van der Waals surface area contributed by atoms with Crippen LogP contribution in [0, 0.1) is 0 Å². The van der Waals surface area contributed by atoms with Crippen molar-refractivity contribution in [3.63, 3.8) is 0 Å². The lowest BCUT2D eigenvalue weighted by Crippen LogP contribution is -2.14. The molecule has 240 valence electrons. The largest absolute Gasteiger partial charge is 0.248 e. The minimum atomic E-state index is -0.0917. The average Bonchev–Trinajstić information content (AvgIpc) is 3.42. The van der Waals surface area contributed by atoms with Crippen LogP contribution >= 0.6 is 0 Å². The smallest absolute Gasteiger partial charge is 0.0728 e. The SMILES string of the molecule is CC1(C)c2ccccc2-c2ccc(-c3c4ccccc4c(-c4cc(-c5ccccc5)c5ccccc5n4)c4ccc(-c5ccccc5)cc34)cc21. The summed E-state index contributed by atoms with van der Waals surface area (Å²) in [5.41, 5.74) is 15.8. The highest BCUT2D eigenvalue weighted by molar-refractivity contribution is 6.22. The van der Waals surface area contributed by atoms with Gasteiger partial charge in [0, 0.05) is 16.4 Å². The standard InChI is InChI=1S/C50H35N/c1-50(2)44-23-13-11-19-36(44)37-27-26-35(30-45(37)50)48-39-21-9-10-22-40(39)49(41-28-25-34(29-43(41)48)32-15-5-3-6-16-32)47-31-42(33-17-7-4-8-18-33)38-20-12-14-24-46(38)51-47/h3-31H,1-2H3. The van der Waals surface area contributed by atoms with Gasteiger partial charge in [-0.1, -0.05) is 166 Å². The van der Waals surface area contributed by atoms with Crippen molar-refractivity contribution in [3.05, 3.63) is 187 Å². The van der Waals surface area contributed by atoms with E-state index >= 15 is 0 Å². The van der Waals surface area contributed by atoms with E-state index in [2.05, 4.69) is 190 Å². The van der Waals surface area contributed by atoms with Gasteiger partial charge in [-0.2, -0.15) is 0 Å². The molecule has 1 nitrogen and oxygen atoms in total. The summed E-state index contributed by atoms with van der Waals surface area (Å²) in [5.74, 6) is 0. The molecule has 0 unspecified atom stereocenters. The quantitative estimate of drug-likeness (QED) is 0.173. The molecule has 0 fully saturated rings. The second-order valence-electron chi connectivity index (χ2n) is 14.3. The van der Waals surface area contributed by atoms with Gasteiger partial charge in [0.15, 0.2) is 0 Å². The molecule has 9 aromatic rings. The van der Waals surface area contributed by atoms with Crippen molar-refractivity contribution in [3.8, 4) is 55.8 Å². The van der Waals surface area contributed by atoms with E-state index in [0.717, 1.165) is 16.6 Å². The van der Waals surface area contributed by atoms with Crippen LogP contribution in [0.15, 0.2) is 176 Å². The maximum Gasteiger partial charge on any atom is 0.0728 e. The third kappa shape index (κ3) is 4.59. The zero-order valence-corrected chi connectivity index (χ0v) is 28.7. The third-order valence-corrected chi connectivity index (χ3v) is 11.1. The fourth-order valence-corrected chi connectivity index (χ4v) is 8.60. The molecule has 1 aliphatic carbocycles. The van der Waals surface area contributed by atoms with E-state index in [1.54, 1.807) is 0 Å². The Morgan fingerprint density at radius 3 is 1.73 bits per heavy atom. The van der Waals surface area contributed by atoms with Gasteiger partial charge in [-0.05, 0) is 101 Å². The van der Waals surface area contributed by atoms with Crippen LogP contribution in [0.25, 0.3) is 88.2 Å². The average molecular weight is 650 g/mol. The fourth-order valence-electron chi connectivity index (χ4n) is 8.60. The summed E-state index contributed by atoms with van der Waals surface area (Å²) in [4.78, 5) is 5.40. The van der Waals surface area contributed by atoms with E-state index in [9.17, 15) is 0 Å². The molecule has 0 N–H and O–H groups in total. The van der Waals surface area contributed by atoms with Crippen molar-refractivity contribution in [2.45, 2.75) is 19.3 Å². The maximum absolute atomic E-state index is 5.40. The van der Waals surface area contributed by atoms with Crippen molar-refractivity contribution < 1.29 is 0 Å². The third-order valence-electron chi connectivity index (χ3n) is 11.1. The Hall–Kier alpha value is -6.31. The number of hydrogen-bond acceptors (Lipinski definition) is 1. The monoisotopic (exact) mass is 649 g/mol. The van der Waals surface area contributed by atoms with E-state index in [4.69, 9.17) is 4.98 Å². The van der Waals surface area contributed by atoms with E-state index < -0.39 is 0 Å². The van der Waals surface area contributed by atoms with Crippen molar-refractivity contribution in [1.82, 2.24) is 4.98 Å². The Morgan fingerprint density at radius 2 is 0.941 bits per heavy atom. The van der Waals surface area contributed by atoms with Gasteiger partial charge in [-0.15, -0.1) is 0 Å². The first-order chi connectivity index (χ1) is 25.1. The number of nitrogens with zero attached hydrogens (tertiary/aromatic N) is 1. The molecule has 1 heteroatoms. The van der Waals surface area contributed by atoms with Crippen LogP contribution in [0.2, 0.25) is 0 Å². The molecule has 0 saturated carbocycles. The number of aromatic nitrogens is 1. The predicted octanol–water partition coefficient (Wildman–Crippen LogP) is 13.5. The molecule has 1 aromatic heterocycles. The van der Waals surface area contributed by atoms with Crippen LogP contribution in [0.1, 0.15) is 25.0 Å². The maximum atomic E-state index is 5.40. The van der Waals surface area contributed by atoms with Crippen LogP contribution in [0.3, 0.4) is 0 Å². The summed E-state index contributed by atoms with van der Waals surface area (Å²) in [5, 5.41) is 6.03. The number of hydrogen-bond donors (Lipinski definition) is 0. The van der Waals surface area contributed by atoms with E-state index in [1.165, 1.54) is 82.7 Å². The fraction of sp³-hybridized carbons (Fsp3) is 0.0600. The summed E-state index contributed by atoms with van der Waals surface area (Å²) >= 11 is 0. The first-order valence-corrected chi connectivity index (χ1v) is 17.8. The van der Waals surface area contributed by atoms with Gasteiger partial charge in [0.25, 0.3) is 0 Å². The van der Waals surface area contributed by atoms with E-state index in [1.807, 2.05) is 0 Å². The molecule has 8 aromatic carbocycles. The molecule has 1 aliphatic rings. The second-order valence-corrected chi connectivity index (χ2v) is 14.3. The molecule has 0 radical (unpaired) electrons. The first-order valence-electron chi connectivity index (χ1n) is 17.8. The van der Waals surface area contributed by atoms with Crippen LogP contribution in [-0.4, -0.2) is 4.98 Å². The van der Waals surface area contributed by atoms with Gasteiger partial charge in [0.05, 0.1) is 11.2 Å². The van der Waals surface area contributed by atoms with Gasteiger partial charge in [0.2, 0.25) is 0 Å². The molecule has 0 amide bonds. The number of pyridine rings is 1. The molecule has 0 atom stereocenters.